The number of H-pyrrole nitrogens is 1. The molecule has 2 aromatic heterocycles. The van der Waals surface area contributed by atoms with E-state index in [-0.39, 0.29) is 0 Å². The van der Waals surface area contributed by atoms with E-state index < -0.39 is 0 Å². The SMILES string of the molecule is C[n+]1ccc(C=Cc2ccc(C=Cc3nc4ccccc4[nH]3)cc2)cc1. The smallest absolute Gasteiger partial charge is 0.169 e. The van der Waals surface area contributed by atoms with Gasteiger partial charge in [0, 0.05) is 12.1 Å². The van der Waals surface area contributed by atoms with E-state index >= 15 is 0 Å². The molecule has 0 spiro atoms. The van der Waals surface area contributed by atoms with Crippen molar-refractivity contribution in [2.45, 2.75) is 0 Å². The van der Waals surface area contributed by atoms with E-state index in [9.17, 15) is 0 Å². The highest BCUT2D eigenvalue weighted by Crippen LogP contribution is 2.14. The van der Waals surface area contributed by atoms with E-state index in [0.29, 0.717) is 0 Å². The molecule has 0 aliphatic heterocycles. The first-order valence-electron chi connectivity index (χ1n) is 8.62. The van der Waals surface area contributed by atoms with E-state index in [1.807, 2.05) is 54.3 Å². The lowest BCUT2D eigenvalue weighted by Gasteiger charge is -1.96. The Labute approximate surface area is 153 Å². The lowest BCUT2D eigenvalue weighted by Crippen LogP contribution is -2.25. The molecule has 126 valence electrons. The Morgan fingerprint density at radius 1 is 0.731 bits per heavy atom. The predicted octanol–water partition coefficient (Wildman–Crippen LogP) is 4.73. The zero-order valence-corrected chi connectivity index (χ0v) is 14.6. The number of aryl methyl sites for hydroxylation is 1. The molecule has 4 aromatic rings. The maximum Gasteiger partial charge on any atom is 0.169 e. The fraction of sp³-hybridized carbons (Fsp3) is 0.0435. The number of para-hydroxylation sites is 2. The summed E-state index contributed by atoms with van der Waals surface area (Å²) in [5.74, 6) is 0.868. The summed E-state index contributed by atoms with van der Waals surface area (Å²) >= 11 is 0. The Bertz CT molecular complexity index is 1040. The summed E-state index contributed by atoms with van der Waals surface area (Å²) in [6.45, 7) is 0. The molecule has 2 heterocycles. The summed E-state index contributed by atoms with van der Waals surface area (Å²) in [5, 5.41) is 0. The van der Waals surface area contributed by atoms with Gasteiger partial charge < -0.3 is 4.98 Å². The van der Waals surface area contributed by atoms with Crippen LogP contribution in [-0.2, 0) is 7.05 Å². The van der Waals surface area contributed by atoms with Gasteiger partial charge in [0.1, 0.15) is 12.9 Å². The van der Waals surface area contributed by atoms with E-state index in [4.69, 9.17) is 0 Å². The maximum absolute atomic E-state index is 4.56. The molecule has 4 rings (SSSR count). The minimum Gasteiger partial charge on any atom is -0.338 e. The molecule has 0 saturated heterocycles. The predicted molar refractivity (Wildman–Crippen MR) is 108 cm³/mol. The van der Waals surface area contributed by atoms with Crippen LogP contribution < -0.4 is 4.57 Å². The molecule has 0 bridgehead atoms. The van der Waals surface area contributed by atoms with Crippen molar-refractivity contribution >= 4 is 35.3 Å². The van der Waals surface area contributed by atoms with Crippen LogP contribution in [-0.4, -0.2) is 9.97 Å². The Morgan fingerprint density at radius 2 is 1.31 bits per heavy atom. The largest absolute Gasteiger partial charge is 0.338 e. The van der Waals surface area contributed by atoms with Crippen LogP contribution in [0.15, 0.2) is 73.1 Å². The molecule has 0 atom stereocenters. The summed E-state index contributed by atoms with van der Waals surface area (Å²) < 4.78 is 2.03. The number of aromatic amines is 1. The molecule has 1 N–H and O–H groups in total. The monoisotopic (exact) mass is 338 g/mol. The van der Waals surface area contributed by atoms with Crippen molar-refractivity contribution in [3.63, 3.8) is 0 Å². The quantitative estimate of drug-likeness (QED) is 0.536. The molecule has 0 fully saturated rings. The van der Waals surface area contributed by atoms with Gasteiger partial charge in [0.15, 0.2) is 12.4 Å². The van der Waals surface area contributed by atoms with Crippen molar-refractivity contribution in [2.75, 3.05) is 0 Å². The molecular formula is C23H20N3+. The number of aromatic nitrogens is 3. The van der Waals surface area contributed by atoms with E-state index in [2.05, 4.69) is 64.6 Å². The third-order valence-electron chi connectivity index (χ3n) is 4.25. The Balaban J connectivity index is 1.46. The standard InChI is InChI=1S/C23H19N3/c1-26-16-14-20(15-17-26)11-10-18-6-8-19(9-7-18)12-13-23-24-21-4-2-3-5-22(21)25-23/h2-17H,1H3/p+1. The molecule has 0 aliphatic carbocycles. The van der Waals surface area contributed by atoms with Gasteiger partial charge in [-0.25, -0.2) is 9.55 Å². The van der Waals surface area contributed by atoms with Gasteiger partial charge >= 0.3 is 0 Å². The first-order chi connectivity index (χ1) is 12.8. The minimum atomic E-state index is 0.868. The molecule has 0 radical (unpaired) electrons. The van der Waals surface area contributed by atoms with Crippen LogP contribution in [0, 0.1) is 0 Å². The second-order valence-corrected chi connectivity index (χ2v) is 6.27. The number of benzene rings is 2. The number of nitrogens with zero attached hydrogens (tertiary/aromatic N) is 2. The maximum atomic E-state index is 4.56. The molecule has 26 heavy (non-hydrogen) atoms. The highest BCUT2D eigenvalue weighted by atomic mass is 14.9. The number of rotatable bonds is 4. The second kappa shape index (κ2) is 7.19. The lowest BCUT2D eigenvalue weighted by atomic mass is 10.1. The highest BCUT2D eigenvalue weighted by Gasteiger charge is 1.98. The molecule has 3 nitrogen and oxygen atoms in total. The van der Waals surface area contributed by atoms with Crippen LogP contribution in [0.25, 0.3) is 35.3 Å². The van der Waals surface area contributed by atoms with Gasteiger partial charge in [0.2, 0.25) is 0 Å². The summed E-state index contributed by atoms with van der Waals surface area (Å²) in [6, 6.07) is 20.7. The molecule has 0 saturated carbocycles. The summed E-state index contributed by atoms with van der Waals surface area (Å²) in [7, 11) is 2.02. The first kappa shape index (κ1) is 16.0. The van der Waals surface area contributed by atoms with Crippen LogP contribution in [0.1, 0.15) is 22.5 Å². The van der Waals surface area contributed by atoms with Crippen molar-refractivity contribution in [1.29, 1.82) is 0 Å². The average molecular weight is 338 g/mol. The van der Waals surface area contributed by atoms with E-state index in [1.165, 1.54) is 11.1 Å². The highest BCUT2D eigenvalue weighted by molar-refractivity contribution is 5.79. The van der Waals surface area contributed by atoms with E-state index in [0.717, 1.165) is 22.4 Å². The van der Waals surface area contributed by atoms with Crippen molar-refractivity contribution < 1.29 is 4.57 Å². The van der Waals surface area contributed by atoms with E-state index in [1.54, 1.807) is 0 Å². The van der Waals surface area contributed by atoms with Gasteiger partial charge in [0.05, 0.1) is 11.0 Å². The number of hydrogen-bond donors (Lipinski definition) is 1. The molecule has 2 aromatic carbocycles. The van der Waals surface area contributed by atoms with Crippen molar-refractivity contribution in [1.82, 2.24) is 9.97 Å². The number of hydrogen-bond acceptors (Lipinski definition) is 1. The van der Waals surface area contributed by atoms with Crippen molar-refractivity contribution in [3.05, 3.63) is 95.6 Å². The Kier molecular flexibility index (Phi) is 4.44. The number of pyridine rings is 1. The number of fused-ring (bicyclic) bond motifs is 1. The van der Waals surface area contributed by atoms with Gasteiger partial charge in [-0.15, -0.1) is 0 Å². The Hall–Kier alpha value is -3.46. The molecule has 3 heteroatoms. The van der Waals surface area contributed by atoms with Gasteiger partial charge in [-0.2, -0.15) is 0 Å². The van der Waals surface area contributed by atoms with Crippen LogP contribution >= 0.6 is 0 Å². The van der Waals surface area contributed by atoms with Crippen LogP contribution in [0.4, 0.5) is 0 Å². The van der Waals surface area contributed by atoms with Crippen LogP contribution in [0.3, 0.4) is 0 Å². The van der Waals surface area contributed by atoms with Crippen molar-refractivity contribution in [3.8, 4) is 0 Å². The second-order valence-electron chi connectivity index (χ2n) is 6.27. The average Bonchev–Trinajstić information content (AvgIpc) is 3.10. The third-order valence-corrected chi connectivity index (χ3v) is 4.25. The van der Waals surface area contributed by atoms with Crippen LogP contribution in [0.5, 0.6) is 0 Å². The number of imidazole rings is 1. The zero-order valence-electron chi connectivity index (χ0n) is 14.6. The third kappa shape index (κ3) is 3.78. The molecule has 0 aliphatic rings. The fourth-order valence-corrected chi connectivity index (χ4v) is 2.76. The minimum absolute atomic E-state index is 0.868. The zero-order chi connectivity index (χ0) is 17.8. The van der Waals surface area contributed by atoms with Gasteiger partial charge in [-0.05, 0) is 34.9 Å². The molecular weight excluding hydrogens is 318 g/mol. The topological polar surface area (TPSA) is 32.6 Å². The summed E-state index contributed by atoms with van der Waals surface area (Å²) in [6.07, 6.45) is 12.4. The lowest BCUT2D eigenvalue weighted by molar-refractivity contribution is -0.671. The fourth-order valence-electron chi connectivity index (χ4n) is 2.76. The van der Waals surface area contributed by atoms with Crippen molar-refractivity contribution in [2.24, 2.45) is 7.05 Å². The molecule has 0 amide bonds. The van der Waals surface area contributed by atoms with Crippen LogP contribution in [0.2, 0.25) is 0 Å². The summed E-state index contributed by atoms with van der Waals surface area (Å²) in [4.78, 5) is 7.87. The Morgan fingerprint density at radius 3 is 1.96 bits per heavy atom. The number of nitrogens with one attached hydrogen (secondary N) is 1. The van der Waals surface area contributed by atoms with Gasteiger partial charge in [0.25, 0.3) is 0 Å². The normalized spacial score (nSPS) is 11.7. The first-order valence-corrected chi connectivity index (χ1v) is 8.62. The summed E-state index contributed by atoms with van der Waals surface area (Å²) in [5.41, 5.74) is 5.56. The van der Waals surface area contributed by atoms with Gasteiger partial charge in [-0.3, -0.25) is 0 Å². The van der Waals surface area contributed by atoms with Gasteiger partial charge in [-0.1, -0.05) is 54.6 Å². The molecule has 0 unspecified atom stereocenters.